The topological polar surface area (TPSA) is 113 Å². The number of rotatable bonds is 10. The van der Waals surface area contributed by atoms with E-state index in [0.717, 1.165) is 41.6 Å². The molecule has 0 aliphatic carbocycles. The van der Waals surface area contributed by atoms with Crippen LogP contribution in [-0.4, -0.2) is 48.0 Å². The third-order valence-corrected chi connectivity index (χ3v) is 5.53. The zero-order valence-corrected chi connectivity index (χ0v) is 18.8. The third kappa shape index (κ3) is 4.92. The van der Waals surface area contributed by atoms with Gasteiger partial charge in [0.15, 0.2) is 5.82 Å². The summed E-state index contributed by atoms with van der Waals surface area (Å²) in [5, 5.41) is 28.6. The Morgan fingerprint density at radius 1 is 1.09 bits per heavy atom. The fourth-order valence-corrected chi connectivity index (χ4v) is 3.78. The number of H-pyrrole nitrogens is 1. The molecule has 0 aliphatic heterocycles. The lowest BCUT2D eigenvalue weighted by Crippen LogP contribution is -2.26. The fraction of sp³-hybridized carbons (Fsp3) is 0.292. The Hall–Kier alpha value is -4.01. The lowest BCUT2D eigenvalue weighted by Gasteiger charge is -2.23. The average Bonchev–Trinajstić information content (AvgIpc) is 3.53. The van der Waals surface area contributed by atoms with Crippen LogP contribution in [-0.2, 0) is 13.1 Å². The number of hydrogen-bond acceptors (Lipinski definition) is 6. The number of hydrogen-bond donors (Lipinski definition) is 2. The van der Waals surface area contributed by atoms with Crippen LogP contribution in [0.5, 0.6) is 0 Å². The Morgan fingerprint density at radius 3 is 2.48 bits per heavy atom. The lowest BCUT2D eigenvalue weighted by molar-refractivity contribution is 0.0697. The predicted octanol–water partition coefficient (Wildman–Crippen LogP) is 4.26. The number of aromatic nitrogens is 6. The number of anilines is 1. The van der Waals surface area contributed by atoms with E-state index in [9.17, 15) is 9.90 Å². The summed E-state index contributed by atoms with van der Waals surface area (Å²) >= 11 is 0. The van der Waals surface area contributed by atoms with Crippen molar-refractivity contribution in [2.45, 2.75) is 39.8 Å². The maximum Gasteiger partial charge on any atom is 0.341 e. The summed E-state index contributed by atoms with van der Waals surface area (Å²) in [6.45, 7) is 6.00. The van der Waals surface area contributed by atoms with Gasteiger partial charge in [-0.25, -0.2) is 4.79 Å². The summed E-state index contributed by atoms with van der Waals surface area (Å²) in [4.78, 5) is 13.9. The Labute approximate surface area is 192 Å². The van der Waals surface area contributed by atoms with Gasteiger partial charge in [0, 0.05) is 31.4 Å². The highest BCUT2D eigenvalue weighted by atomic mass is 16.4. The highest BCUT2D eigenvalue weighted by Gasteiger charge is 2.21. The maximum absolute atomic E-state index is 11.8. The Kier molecular flexibility index (Phi) is 6.77. The van der Waals surface area contributed by atoms with Crippen molar-refractivity contribution in [2.24, 2.45) is 0 Å². The van der Waals surface area contributed by atoms with Crippen molar-refractivity contribution in [3.05, 3.63) is 65.9 Å². The second-order valence-corrected chi connectivity index (χ2v) is 7.78. The van der Waals surface area contributed by atoms with E-state index in [2.05, 4.69) is 61.8 Å². The number of tetrazole rings is 1. The summed E-state index contributed by atoms with van der Waals surface area (Å²) in [5.41, 5.74) is 4.27. The van der Waals surface area contributed by atoms with E-state index in [4.69, 9.17) is 0 Å². The zero-order valence-electron chi connectivity index (χ0n) is 18.8. The molecule has 0 amide bonds. The molecular formula is C24H27N7O2. The quantitative estimate of drug-likeness (QED) is 0.375. The summed E-state index contributed by atoms with van der Waals surface area (Å²) in [7, 11) is 0. The third-order valence-electron chi connectivity index (χ3n) is 5.53. The summed E-state index contributed by atoms with van der Waals surface area (Å²) in [6.07, 6.45) is 3.57. The number of carbonyl (C=O) groups is 1. The van der Waals surface area contributed by atoms with Crippen LogP contribution < -0.4 is 4.90 Å². The van der Waals surface area contributed by atoms with Crippen molar-refractivity contribution < 1.29 is 9.90 Å². The fourth-order valence-electron chi connectivity index (χ4n) is 3.78. The number of carboxylic acids is 1. The molecule has 4 aromatic rings. The van der Waals surface area contributed by atoms with Crippen LogP contribution in [0.3, 0.4) is 0 Å². The van der Waals surface area contributed by atoms with Gasteiger partial charge < -0.3 is 10.0 Å². The van der Waals surface area contributed by atoms with E-state index in [0.29, 0.717) is 24.7 Å². The Bertz CT molecular complexity index is 1200. The first kappa shape index (κ1) is 22.2. The summed E-state index contributed by atoms with van der Waals surface area (Å²) < 4.78 is 1.68. The summed E-state index contributed by atoms with van der Waals surface area (Å²) in [5.74, 6) is 0.108. The van der Waals surface area contributed by atoms with Crippen molar-refractivity contribution in [3.8, 4) is 22.5 Å². The van der Waals surface area contributed by atoms with Gasteiger partial charge in [-0.05, 0) is 35.2 Å². The highest BCUT2D eigenvalue weighted by Crippen LogP contribution is 2.30. The van der Waals surface area contributed by atoms with E-state index in [-0.39, 0.29) is 5.56 Å². The van der Waals surface area contributed by atoms with Crippen LogP contribution in [0.2, 0.25) is 0 Å². The summed E-state index contributed by atoms with van der Waals surface area (Å²) in [6, 6.07) is 16.2. The first-order valence-electron chi connectivity index (χ1n) is 11.1. The van der Waals surface area contributed by atoms with E-state index in [1.165, 1.54) is 0 Å². The van der Waals surface area contributed by atoms with E-state index < -0.39 is 5.97 Å². The number of benzene rings is 2. The van der Waals surface area contributed by atoms with Gasteiger partial charge in [0.1, 0.15) is 5.56 Å². The van der Waals surface area contributed by atoms with Crippen molar-refractivity contribution in [1.29, 1.82) is 0 Å². The molecule has 0 saturated heterocycles. The molecule has 0 saturated carbocycles. The molecule has 0 radical (unpaired) electrons. The molecular weight excluding hydrogens is 418 g/mol. The molecule has 4 rings (SSSR count). The monoisotopic (exact) mass is 445 g/mol. The number of aromatic carboxylic acids is 1. The van der Waals surface area contributed by atoms with Gasteiger partial charge in [-0.1, -0.05) is 61.9 Å². The molecule has 2 aromatic heterocycles. The molecule has 2 aromatic carbocycles. The van der Waals surface area contributed by atoms with Gasteiger partial charge >= 0.3 is 5.97 Å². The van der Waals surface area contributed by atoms with Gasteiger partial charge in [-0.2, -0.15) is 10.3 Å². The molecule has 0 aliphatic rings. The SMILES string of the molecule is CCCCN(Cc1ccc(-c2ccccc2-c2nn[nH]n2)cc1)c1nn(CC)cc1C(=O)O. The molecule has 0 bridgehead atoms. The van der Waals surface area contributed by atoms with Gasteiger partial charge in [0.25, 0.3) is 0 Å². The highest BCUT2D eigenvalue weighted by molar-refractivity contribution is 5.93. The minimum atomic E-state index is -0.959. The second-order valence-electron chi connectivity index (χ2n) is 7.78. The smallest absolute Gasteiger partial charge is 0.341 e. The molecule has 0 atom stereocenters. The van der Waals surface area contributed by atoms with Gasteiger partial charge in [0.05, 0.1) is 0 Å². The van der Waals surface area contributed by atoms with Crippen LogP contribution in [0.1, 0.15) is 42.6 Å². The van der Waals surface area contributed by atoms with Gasteiger partial charge in [-0.3, -0.25) is 4.68 Å². The largest absolute Gasteiger partial charge is 0.477 e. The molecule has 0 spiro atoms. The van der Waals surface area contributed by atoms with E-state index in [1.807, 2.05) is 31.2 Å². The number of aromatic amines is 1. The first-order chi connectivity index (χ1) is 16.1. The number of nitrogens with zero attached hydrogens (tertiary/aromatic N) is 6. The normalized spacial score (nSPS) is 11.0. The Balaban J connectivity index is 1.61. The maximum atomic E-state index is 11.8. The first-order valence-corrected chi connectivity index (χ1v) is 11.1. The predicted molar refractivity (Wildman–Crippen MR) is 126 cm³/mol. The molecule has 170 valence electrons. The molecule has 0 unspecified atom stereocenters. The van der Waals surface area contributed by atoms with Crippen LogP contribution in [0, 0.1) is 0 Å². The Morgan fingerprint density at radius 2 is 1.85 bits per heavy atom. The van der Waals surface area contributed by atoms with Crippen molar-refractivity contribution >= 4 is 11.8 Å². The second kappa shape index (κ2) is 10.1. The van der Waals surface area contributed by atoms with E-state index in [1.54, 1.807) is 10.9 Å². The number of unbranched alkanes of at least 4 members (excludes halogenated alkanes) is 1. The molecule has 0 fully saturated rings. The minimum absolute atomic E-state index is 0.235. The molecule has 33 heavy (non-hydrogen) atoms. The zero-order chi connectivity index (χ0) is 23.2. The van der Waals surface area contributed by atoms with Crippen molar-refractivity contribution in [2.75, 3.05) is 11.4 Å². The average molecular weight is 446 g/mol. The van der Waals surface area contributed by atoms with Crippen LogP contribution in [0.25, 0.3) is 22.5 Å². The number of nitrogens with one attached hydrogen (secondary N) is 1. The molecule has 2 N–H and O–H groups in total. The van der Waals surface area contributed by atoms with Crippen molar-refractivity contribution in [3.63, 3.8) is 0 Å². The van der Waals surface area contributed by atoms with E-state index >= 15 is 0 Å². The van der Waals surface area contributed by atoms with Gasteiger partial charge in [-0.15, -0.1) is 10.2 Å². The van der Waals surface area contributed by atoms with Crippen LogP contribution >= 0.6 is 0 Å². The number of aryl methyl sites for hydroxylation is 1. The standard InChI is InChI=1S/C24H27N7O2/c1-3-5-14-30(23-21(24(32)33)16-31(4-2)27-23)15-17-10-12-18(13-11-17)19-8-6-7-9-20(19)22-25-28-29-26-22/h6-13,16H,3-5,14-15H2,1-2H3,(H,32,33)(H,25,26,28,29). The molecule has 9 heteroatoms. The van der Waals surface area contributed by atoms with Gasteiger partial charge in [0.2, 0.25) is 5.82 Å². The molecule has 2 heterocycles. The lowest BCUT2D eigenvalue weighted by atomic mass is 9.98. The molecule has 9 nitrogen and oxygen atoms in total. The number of carboxylic acid groups (broad SMARTS) is 1. The van der Waals surface area contributed by atoms with Crippen LogP contribution in [0.4, 0.5) is 5.82 Å². The van der Waals surface area contributed by atoms with Crippen LogP contribution in [0.15, 0.2) is 54.7 Å². The van der Waals surface area contributed by atoms with Crippen molar-refractivity contribution in [1.82, 2.24) is 30.4 Å². The minimum Gasteiger partial charge on any atom is -0.477 e.